The van der Waals surface area contributed by atoms with Crippen LogP contribution < -0.4 is 10.6 Å². The normalized spacial score (nSPS) is 20.7. The van der Waals surface area contributed by atoms with Gasteiger partial charge in [-0.2, -0.15) is 0 Å². The third-order valence-corrected chi connectivity index (χ3v) is 4.49. The second-order valence-corrected chi connectivity index (χ2v) is 6.21. The lowest BCUT2D eigenvalue weighted by molar-refractivity contribution is -0.133. The van der Waals surface area contributed by atoms with Crippen LogP contribution in [0.2, 0.25) is 0 Å². The molecule has 18 heavy (non-hydrogen) atoms. The van der Waals surface area contributed by atoms with Crippen molar-refractivity contribution >= 4 is 5.91 Å². The van der Waals surface area contributed by atoms with Crippen molar-refractivity contribution in [1.82, 2.24) is 10.6 Å². The van der Waals surface area contributed by atoms with Gasteiger partial charge in [0.1, 0.15) is 0 Å². The Morgan fingerprint density at radius 3 is 2.39 bits per heavy atom. The van der Waals surface area contributed by atoms with Gasteiger partial charge >= 0.3 is 0 Å². The van der Waals surface area contributed by atoms with E-state index in [1.54, 1.807) is 0 Å². The van der Waals surface area contributed by atoms with Crippen molar-refractivity contribution in [2.75, 3.05) is 19.6 Å². The molecule has 0 bridgehead atoms. The van der Waals surface area contributed by atoms with Crippen LogP contribution in [0.3, 0.4) is 0 Å². The number of nitrogens with one attached hydrogen (secondary N) is 2. The summed E-state index contributed by atoms with van der Waals surface area (Å²) in [4.78, 5) is 12.5. The lowest BCUT2D eigenvalue weighted by Crippen LogP contribution is -2.48. The molecule has 0 radical (unpaired) electrons. The third-order valence-electron chi connectivity index (χ3n) is 4.49. The monoisotopic (exact) mass is 254 g/mol. The number of carbonyl (C=O) groups excluding carboxylic acids is 1. The Kier molecular flexibility index (Phi) is 6.13. The fraction of sp³-hybridized carbons (Fsp3) is 0.933. The Hall–Kier alpha value is -0.570. The zero-order valence-electron chi connectivity index (χ0n) is 12.5. The van der Waals surface area contributed by atoms with Crippen molar-refractivity contribution in [2.45, 2.75) is 53.4 Å². The molecule has 1 rings (SSSR count). The predicted molar refractivity (Wildman–Crippen MR) is 76.5 cm³/mol. The summed E-state index contributed by atoms with van der Waals surface area (Å²) in [6.45, 7) is 11.6. The summed E-state index contributed by atoms with van der Waals surface area (Å²) in [6, 6.07) is 0. The molecular formula is C15H30N2O. The van der Waals surface area contributed by atoms with Crippen LogP contribution in [-0.2, 0) is 4.79 Å². The van der Waals surface area contributed by atoms with E-state index >= 15 is 0 Å². The molecule has 1 heterocycles. The molecule has 1 fully saturated rings. The van der Waals surface area contributed by atoms with E-state index in [0.29, 0.717) is 17.7 Å². The Bertz CT molecular complexity index is 252. The molecule has 1 amide bonds. The van der Waals surface area contributed by atoms with Crippen molar-refractivity contribution in [1.29, 1.82) is 0 Å². The van der Waals surface area contributed by atoms with Crippen molar-refractivity contribution in [3.05, 3.63) is 0 Å². The first-order valence-corrected chi connectivity index (χ1v) is 7.51. The molecule has 0 spiro atoms. The van der Waals surface area contributed by atoms with E-state index in [0.717, 1.165) is 45.3 Å². The lowest BCUT2D eigenvalue weighted by atomic mass is 9.74. The standard InChI is InChI=1S/C15H30N2O/c1-5-6-15(7-9-16-10-8-15)14(18)17-11-13(4)12(2)3/h12-13,16H,5-11H2,1-4H3,(H,17,18). The minimum absolute atomic E-state index is 0.100. The minimum Gasteiger partial charge on any atom is -0.355 e. The van der Waals surface area contributed by atoms with Crippen molar-refractivity contribution in [2.24, 2.45) is 17.3 Å². The van der Waals surface area contributed by atoms with Gasteiger partial charge in [0.05, 0.1) is 5.41 Å². The van der Waals surface area contributed by atoms with Crippen LogP contribution >= 0.6 is 0 Å². The number of carbonyl (C=O) groups is 1. The molecule has 0 saturated carbocycles. The van der Waals surface area contributed by atoms with E-state index in [1.165, 1.54) is 0 Å². The average molecular weight is 254 g/mol. The highest BCUT2D eigenvalue weighted by molar-refractivity contribution is 5.82. The summed E-state index contributed by atoms with van der Waals surface area (Å²) in [5.74, 6) is 1.47. The number of hydrogen-bond donors (Lipinski definition) is 2. The molecule has 0 aromatic carbocycles. The smallest absolute Gasteiger partial charge is 0.226 e. The SMILES string of the molecule is CCCC1(C(=O)NCC(C)C(C)C)CCNCC1. The summed E-state index contributed by atoms with van der Waals surface area (Å²) < 4.78 is 0. The molecule has 0 aromatic heterocycles. The minimum atomic E-state index is -0.100. The summed E-state index contributed by atoms with van der Waals surface area (Å²) in [5, 5.41) is 6.55. The Morgan fingerprint density at radius 2 is 1.89 bits per heavy atom. The number of amides is 1. The number of rotatable bonds is 6. The van der Waals surface area contributed by atoms with Crippen LogP contribution in [0.1, 0.15) is 53.4 Å². The van der Waals surface area contributed by atoms with Crippen LogP contribution in [0, 0.1) is 17.3 Å². The quantitative estimate of drug-likeness (QED) is 0.765. The zero-order valence-corrected chi connectivity index (χ0v) is 12.5. The topological polar surface area (TPSA) is 41.1 Å². The molecule has 1 aliphatic heterocycles. The fourth-order valence-electron chi connectivity index (χ4n) is 2.65. The first-order chi connectivity index (χ1) is 8.52. The molecule has 0 aliphatic carbocycles. The highest BCUT2D eigenvalue weighted by Crippen LogP contribution is 2.34. The Balaban J connectivity index is 2.54. The maximum atomic E-state index is 12.5. The van der Waals surface area contributed by atoms with Crippen LogP contribution in [-0.4, -0.2) is 25.5 Å². The molecule has 0 aromatic rings. The summed E-state index contributed by atoms with van der Waals surface area (Å²) >= 11 is 0. The fourth-order valence-corrected chi connectivity index (χ4v) is 2.65. The van der Waals surface area contributed by atoms with Gasteiger partial charge < -0.3 is 10.6 Å². The summed E-state index contributed by atoms with van der Waals surface area (Å²) in [6.07, 6.45) is 4.09. The molecule has 1 aliphatic rings. The molecule has 1 saturated heterocycles. The van der Waals surface area contributed by atoms with Gasteiger partial charge in [-0.1, -0.05) is 34.1 Å². The molecule has 2 N–H and O–H groups in total. The van der Waals surface area contributed by atoms with Crippen LogP contribution in [0.25, 0.3) is 0 Å². The second-order valence-electron chi connectivity index (χ2n) is 6.21. The van der Waals surface area contributed by atoms with Gasteiger partial charge in [-0.05, 0) is 44.2 Å². The summed E-state index contributed by atoms with van der Waals surface area (Å²) in [5.41, 5.74) is -0.100. The van der Waals surface area contributed by atoms with Gasteiger partial charge in [0.15, 0.2) is 0 Å². The predicted octanol–water partition coefficient (Wildman–Crippen LogP) is 2.56. The lowest BCUT2D eigenvalue weighted by Gasteiger charge is -2.36. The van der Waals surface area contributed by atoms with Crippen LogP contribution in [0.5, 0.6) is 0 Å². The molecule has 1 atom stereocenters. The molecule has 3 nitrogen and oxygen atoms in total. The maximum absolute atomic E-state index is 12.5. The molecular weight excluding hydrogens is 224 g/mol. The van der Waals surface area contributed by atoms with Crippen molar-refractivity contribution < 1.29 is 4.79 Å². The third kappa shape index (κ3) is 3.98. The van der Waals surface area contributed by atoms with E-state index < -0.39 is 0 Å². The van der Waals surface area contributed by atoms with E-state index in [2.05, 4.69) is 38.3 Å². The second kappa shape index (κ2) is 7.13. The van der Waals surface area contributed by atoms with Gasteiger partial charge in [-0.15, -0.1) is 0 Å². The van der Waals surface area contributed by atoms with Gasteiger partial charge in [0.2, 0.25) is 5.91 Å². The van der Waals surface area contributed by atoms with Gasteiger partial charge in [0.25, 0.3) is 0 Å². The van der Waals surface area contributed by atoms with Gasteiger partial charge in [0, 0.05) is 6.54 Å². The van der Waals surface area contributed by atoms with Crippen molar-refractivity contribution in [3.8, 4) is 0 Å². The highest BCUT2D eigenvalue weighted by Gasteiger charge is 2.38. The molecule has 3 heteroatoms. The summed E-state index contributed by atoms with van der Waals surface area (Å²) in [7, 11) is 0. The number of piperidine rings is 1. The largest absolute Gasteiger partial charge is 0.355 e. The van der Waals surface area contributed by atoms with E-state index in [-0.39, 0.29) is 5.41 Å². The van der Waals surface area contributed by atoms with Gasteiger partial charge in [-0.25, -0.2) is 0 Å². The van der Waals surface area contributed by atoms with E-state index in [1.807, 2.05) is 0 Å². The zero-order chi connectivity index (χ0) is 13.6. The first-order valence-electron chi connectivity index (χ1n) is 7.51. The van der Waals surface area contributed by atoms with Crippen LogP contribution in [0.15, 0.2) is 0 Å². The Labute approximate surface area is 112 Å². The molecule has 106 valence electrons. The van der Waals surface area contributed by atoms with Crippen molar-refractivity contribution in [3.63, 3.8) is 0 Å². The van der Waals surface area contributed by atoms with Crippen LogP contribution in [0.4, 0.5) is 0 Å². The van der Waals surface area contributed by atoms with Gasteiger partial charge in [-0.3, -0.25) is 4.79 Å². The average Bonchev–Trinajstić information content (AvgIpc) is 2.36. The first kappa shape index (κ1) is 15.5. The van der Waals surface area contributed by atoms with E-state index in [4.69, 9.17) is 0 Å². The molecule has 1 unspecified atom stereocenters. The maximum Gasteiger partial charge on any atom is 0.226 e. The highest BCUT2D eigenvalue weighted by atomic mass is 16.2. The number of hydrogen-bond acceptors (Lipinski definition) is 2. The Morgan fingerprint density at radius 1 is 1.28 bits per heavy atom. The van der Waals surface area contributed by atoms with E-state index in [9.17, 15) is 4.79 Å².